The van der Waals surface area contributed by atoms with Crippen LogP contribution in [0.15, 0.2) is 12.7 Å². The van der Waals surface area contributed by atoms with Gasteiger partial charge in [0.2, 0.25) is 10.0 Å². The van der Waals surface area contributed by atoms with Crippen molar-refractivity contribution in [2.75, 3.05) is 18.9 Å². The largest absolute Gasteiger partial charge is 0.396 e. The highest BCUT2D eigenvalue weighted by molar-refractivity contribution is 7.89. The smallest absolute Gasteiger partial charge is 0.214 e. The number of hydrogen-bond acceptors (Lipinski definition) is 3. The van der Waals surface area contributed by atoms with Crippen LogP contribution < -0.4 is 0 Å². The van der Waals surface area contributed by atoms with Crippen LogP contribution in [0.5, 0.6) is 0 Å². The predicted octanol–water partition coefficient (Wildman–Crippen LogP) is 1.38. The average Bonchev–Trinajstić information content (AvgIpc) is 2.12. The Morgan fingerprint density at radius 2 is 1.88 bits per heavy atom. The maximum atomic E-state index is 12.0. The van der Waals surface area contributed by atoms with E-state index in [0.717, 1.165) is 0 Å². The van der Waals surface area contributed by atoms with Gasteiger partial charge in [0, 0.05) is 18.7 Å². The summed E-state index contributed by atoms with van der Waals surface area (Å²) in [5, 5.41) is 8.64. The molecule has 96 valence electrons. The Labute approximate surface area is 99.0 Å². The highest BCUT2D eigenvalue weighted by Gasteiger charge is 2.30. The van der Waals surface area contributed by atoms with E-state index >= 15 is 0 Å². The number of nitrogens with zero attached hydrogens (tertiary/aromatic N) is 1. The maximum absolute atomic E-state index is 12.0. The van der Waals surface area contributed by atoms with Gasteiger partial charge in [-0.1, -0.05) is 6.08 Å². The lowest BCUT2D eigenvalue weighted by Gasteiger charge is -2.33. The van der Waals surface area contributed by atoms with Crippen LogP contribution in [0.2, 0.25) is 0 Å². The maximum Gasteiger partial charge on any atom is 0.214 e. The molecule has 0 radical (unpaired) electrons. The minimum Gasteiger partial charge on any atom is -0.396 e. The predicted molar refractivity (Wildman–Crippen MR) is 66.8 cm³/mol. The van der Waals surface area contributed by atoms with Gasteiger partial charge in [0.05, 0.1) is 5.75 Å². The quantitative estimate of drug-likeness (QED) is 0.548. The van der Waals surface area contributed by atoms with E-state index in [9.17, 15) is 8.42 Å². The third-order valence-corrected chi connectivity index (χ3v) is 4.36. The van der Waals surface area contributed by atoms with E-state index in [2.05, 4.69) is 6.58 Å². The normalized spacial score (nSPS) is 13.1. The van der Waals surface area contributed by atoms with Crippen molar-refractivity contribution < 1.29 is 13.5 Å². The van der Waals surface area contributed by atoms with Gasteiger partial charge in [-0.25, -0.2) is 8.42 Å². The van der Waals surface area contributed by atoms with Crippen molar-refractivity contribution in [3.63, 3.8) is 0 Å². The molecule has 5 heteroatoms. The SMILES string of the molecule is C=CCN(C(C)(C)C)S(=O)(=O)CCCCO. The lowest BCUT2D eigenvalue weighted by molar-refractivity contribution is 0.267. The van der Waals surface area contributed by atoms with E-state index in [1.54, 1.807) is 6.08 Å². The molecule has 0 saturated heterocycles. The first kappa shape index (κ1) is 15.6. The molecule has 0 fully saturated rings. The molecular formula is C11H23NO3S. The lowest BCUT2D eigenvalue weighted by atomic mass is 10.1. The zero-order valence-corrected chi connectivity index (χ0v) is 11.3. The molecule has 0 aliphatic heterocycles. The van der Waals surface area contributed by atoms with E-state index in [1.165, 1.54) is 4.31 Å². The monoisotopic (exact) mass is 249 g/mol. The highest BCUT2D eigenvalue weighted by Crippen LogP contribution is 2.19. The van der Waals surface area contributed by atoms with Gasteiger partial charge >= 0.3 is 0 Å². The van der Waals surface area contributed by atoms with E-state index < -0.39 is 15.6 Å². The Balaban J connectivity index is 4.70. The van der Waals surface area contributed by atoms with Crippen molar-refractivity contribution in [1.29, 1.82) is 0 Å². The second-order valence-electron chi connectivity index (χ2n) is 4.74. The summed E-state index contributed by atoms with van der Waals surface area (Å²) in [6.07, 6.45) is 2.60. The Morgan fingerprint density at radius 3 is 2.25 bits per heavy atom. The number of rotatable bonds is 7. The van der Waals surface area contributed by atoms with Crippen molar-refractivity contribution in [2.45, 2.75) is 39.2 Å². The second kappa shape index (κ2) is 6.37. The highest BCUT2D eigenvalue weighted by atomic mass is 32.2. The number of aliphatic hydroxyl groups is 1. The summed E-state index contributed by atoms with van der Waals surface area (Å²) in [6, 6.07) is 0. The van der Waals surface area contributed by atoms with Crippen LogP contribution in [-0.2, 0) is 10.0 Å². The fraction of sp³-hybridized carbons (Fsp3) is 0.818. The minimum atomic E-state index is -3.26. The number of hydrogen-bond donors (Lipinski definition) is 1. The summed E-state index contributed by atoms with van der Waals surface area (Å²) >= 11 is 0. The molecule has 0 amide bonds. The second-order valence-corrected chi connectivity index (χ2v) is 6.75. The van der Waals surface area contributed by atoms with E-state index in [4.69, 9.17) is 5.11 Å². The molecule has 0 aromatic heterocycles. The summed E-state index contributed by atoms with van der Waals surface area (Å²) in [7, 11) is -3.26. The molecule has 0 aromatic rings. The summed E-state index contributed by atoms with van der Waals surface area (Å²) in [5.41, 5.74) is -0.438. The van der Waals surface area contributed by atoms with Gasteiger partial charge in [-0.3, -0.25) is 0 Å². The van der Waals surface area contributed by atoms with Crippen LogP contribution in [-0.4, -0.2) is 42.3 Å². The summed E-state index contributed by atoms with van der Waals surface area (Å²) in [6.45, 7) is 9.52. The molecule has 0 aromatic carbocycles. The fourth-order valence-corrected chi connectivity index (χ4v) is 3.38. The first-order chi connectivity index (χ1) is 7.25. The first-order valence-corrected chi connectivity index (χ1v) is 7.09. The Kier molecular flexibility index (Phi) is 6.22. The number of aliphatic hydroxyl groups excluding tert-OH is 1. The molecule has 0 spiro atoms. The number of unbranched alkanes of at least 4 members (excludes halogenated alkanes) is 1. The van der Waals surface area contributed by atoms with E-state index in [0.29, 0.717) is 19.4 Å². The van der Waals surface area contributed by atoms with Crippen molar-refractivity contribution in [2.24, 2.45) is 0 Å². The van der Waals surface area contributed by atoms with Crippen molar-refractivity contribution in [3.8, 4) is 0 Å². The summed E-state index contributed by atoms with van der Waals surface area (Å²) in [4.78, 5) is 0. The molecule has 16 heavy (non-hydrogen) atoms. The van der Waals surface area contributed by atoms with Crippen molar-refractivity contribution in [3.05, 3.63) is 12.7 Å². The molecular weight excluding hydrogens is 226 g/mol. The van der Waals surface area contributed by atoms with Crippen molar-refractivity contribution >= 4 is 10.0 Å². The van der Waals surface area contributed by atoms with Gasteiger partial charge < -0.3 is 5.11 Å². The molecule has 0 saturated carbocycles. The van der Waals surface area contributed by atoms with Crippen molar-refractivity contribution in [1.82, 2.24) is 4.31 Å². The Bertz CT molecular complexity index is 304. The van der Waals surface area contributed by atoms with Gasteiger partial charge in [-0.15, -0.1) is 6.58 Å². The molecule has 0 bridgehead atoms. The van der Waals surface area contributed by atoms with E-state index in [1.807, 2.05) is 20.8 Å². The molecule has 0 atom stereocenters. The van der Waals surface area contributed by atoms with Crippen LogP contribution in [0.25, 0.3) is 0 Å². The molecule has 0 unspecified atom stereocenters. The van der Waals surface area contributed by atoms with Gasteiger partial charge in [0.15, 0.2) is 0 Å². The molecule has 0 rings (SSSR count). The summed E-state index contributed by atoms with van der Waals surface area (Å²) < 4.78 is 25.5. The zero-order chi connectivity index (χ0) is 12.8. The van der Waals surface area contributed by atoms with Gasteiger partial charge in [0.25, 0.3) is 0 Å². The van der Waals surface area contributed by atoms with Crippen LogP contribution in [0.1, 0.15) is 33.6 Å². The molecule has 0 aliphatic carbocycles. The lowest BCUT2D eigenvalue weighted by Crippen LogP contribution is -2.46. The number of sulfonamides is 1. The molecule has 0 heterocycles. The minimum absolute atomic E-state index is 0.0342. The Hall–Kier alpha value is -0.390. The van der Waals surface area contributed by atoms with Crippen LogP contribution in [0, 0.1) is 0 Å². The molecule has 1 N–H and O–H groups in total. The standard InChI is InChI=1S/C11H23NO3S/c1-5-8-12(11(2,3)4)16(14,15)10-7-6-9-13/h5,13H,1,6-10H2,2-4H3. The third-order valence-electron chi connectivity index (χ3n) is 2.19. The topological polar surface area (TPSA) is 57.6 Å². The first-order valence-electron chi connectivity index (χ1n) is 5.48. The van der Waals surface area contributed by atoms with Gasteiger partial charge in [0.1, 0.15) is 0 Å². The molecule has 0 aliphatic rings. The van der Waals surface area contributed by atoms with Gasteiger partial charge in [-0.05, 0) is 33.6 Å². The molecule has 4 nitrogen and oxygen atoms in total. The average molecular weight is 249 g/mol. The van der Waals surface area contributed by atoms with Gasteiger partial charge in [-0.2, -0.15) is 4.31 Å². The van der Waals surface area contributed by atoms with Crippen LogP contribution >= 0.6 is 0 Å². The van der Waals surface area contributed by atoms with Crippen LogP contribution in [0.4, 0.5) is 0 Å². The Morgan fingerprint density at radius 1 is 1.31 bits per heavy atom. The summed E-state index contributed by atoms with van der Waals surface area (Å²) in [5.74, 6) is 0.0820. The fourth-order valence-electron chi connectivity index (χ4n) is 1.43. The zero-order valence-electron chi connectivity index (χ0n) is 10.4. The van der Waals surface area contributed by atoms with Crippen LogP contribution in [0.3, 0.4) is 0 Å². The third kappa shape index (κ3) is 5.09. The van der Waals surface area contributed by atoms with E-state index in [-0.39, 0.29) is 12.4 Å².